The standard InChI is InChI=1S/C13H7Cl2NO4S/c14-9-5-6-11(10(15)7-9)20-12-3-1-2-4-13(12)21(18,19)16-8-17/h1-7H. The van der Waals surface area contributed by atoms with Crippen LogP contribution in [-0.2, 0) is 14.8 Å². The van der Waals surface area contributed by atoms with E-state index >= 15 is 0 Å². The van der Waals surface area contributed by atoms with Crippen LogP contribution >= 0.6 is 23.2 Å². The number of isocyanates is 1. The lowest BCUT2D eigenvalue weighted by atomic mass is 10.3. The van der Waals surface area contributed by atoms with E-state index in [2.05, 4.69) is 4.40 Å². The molecule has 0 unspecified atom stereocenters. The number of hydrogen-bond donors (Lipinski definition) is 0. The van der Waals surface area contributed by atoms with E-state index in [9.17, 15) is 13.2 Å². The maximum atomic E-state index is 11.8. The second kappa shape index (κ2) is 6.28. The van der Waals surface area contributed by atoms with E-state index in [4.69, 9.17) is 27.9 Å². The smallest absolute Gasteiger partial charge is 0.296 e. The van der Waals surface area contributed by atoms with Gasteiger partial charge in [0.2, 0.25) is 0 Å². The molecule has 0 radical (unpaired) electrons. The Morgan fingerprint density at radius 2 is 1.76 bits per heavy atom. The van der Waals surface area contributed by atoms with E-state index < -0.39 is 10.0 Å². The number of para-hydroxylation sites is 1. The van der Waals surface area contributed by atoms with Crippen LogP contribution in [0.1, 0.15) is 0 Å². The zero-order chi connectivity index (χ0) is 15.5. The SMILES string of the molecule is O=C=NS(=O)(=O)c1ccccc1Oc1ccc(Cl)cc1Cl. The summed E-state index contributed by atoms with van der Waals surface area (Å²) in [4.78, 5) is 9.94. The summed E-state index contributed by atoms with van der Waals surface area (Å²) < 4.78 is 31.9. The molecule has 0 saturated carbocycles. The summed E-state index contributed by atoms with van der Waals surface area (Å²) in [5.41, 5.74) is 0. The van der Waals surface area contributed by atoms with E-state index in [1.165, 1.54) is 30.3 Å². The van der Waals surface area contributed by atoms with Gasteiger partial charge in [-0.2, -0.15) is 8.42 Å². The van der Waals surface area contributed by atoms with Crippen molar-refractivity contribution in [3.8, 4) is 11.5 Å². The molecule has 0 aliphatic heterocycles. The summed E-state index contributed by atoms with van der Waals surface area (Å²) in [6, 6.07) is 10.2. The lowest BCUT2D eigenvalue weighted by molar-refractivity contribution is 0.468. The maximum Gasteiger partial charge on any atom is 0.296 e. The summed E-state index contributed by atoms with van der Waals surface area (Å²) in [6.07, 6.45) is 1.00. The summed E-state index contributed by atoms with van der Waals surface area (Å²) in [7, 11) is -4.17. The van der Waals surface area contributed by atoms with Gasteiger partial charge in [-0.25, -0.2) is 4.79 Å². The van der Waals surface area contributed by atoms with Gasteiger partial charge in [-0.05, 0) is 30.3 Å². The van der Waals surface area contributed by atoms with Gasteiger partial charge >= 0.3 is 0 Å². The third-order valence-electron chi connectivity index (χ3n) is 2.40. The number of sulfonamides is 1. The quantitative estimate of drug-likeness (QED) is 0.624. The molecule has 2 aromatic rings. The highest BCUT2D eigenvalue weighted by Crippen LogP contribution is 2.34. The first-order chi connectivity index (χ1) is 9.94. The molecule has 0 saturated heterocycles. The zero-order valence-corrected chi connectivity index (χ0v) is 12.6. The minimum absolute atomic E-state index is 0.0132. The molecule has 0 aromatic heterocycles. The molecule has 0 aliphatic carbocycles. The summed E-state index contributed by atoms with van der Waals surface area (Å²) in [6.45, 7) is 0. The fraction of sp³-hybridized carbons (Fsp3) is 0. The van der Waals surface area contributed by atoms with Crippen molar-refractivity contribution in [2.24, 2.45) is 4.40 Å². The number of halogens is 2. The van der Waals surface area contributed by atoms with Crippen molar-refractivity contribution in [2.75, 3.05) is 0 Å². The number of rotatable bonds is 4. The molecule has 8 heteroatoms. The average Bonchev–Trinajstić information content (AvgIpc) is 2.42. The van der Waals surface area contributed by atoms with Crippen LogP contribution in [0, 0.1) is 0 Å². The predicted molar refractivity (Wildman–Crippen MR) is 78.3 cm³/mol. The Morgan fingerprint density at radius 1 is 1.05 bits per heavy atom. The first-order valence-electron chi connectivity index (χ1n) is 5.50. The summed E-state index contributed by atoms with van der Waals surface area (Å²) in [5.74, 6) is 0.208. The molecule has 0 heterocycles. The molecule has 0 aliphatic rings. The van der Waals surface area contributed by atoms with Crippen LogP contribution in [0.2, 0.25) is 10.0 Å². The fourth-order valence-corrected chi connectivity index (χ4v) is 2.78. The van der Waals surface area contributed by atoms with Crippen LogP contribution < -0.4 is 4.74 Å². The Morgan fingerprint density at radius 3 is 2.43 bits per heavy atom. The van der Waals surface area contributed by atoms with Crippen molar-refractivity contribution >= 4 is 39.3 Å². The largest absolute Gasteiger partial charge is 0.454 e. The van der Waals surface area contributed by atoms with Crippen molar-refractivity contribution < 1.29 is 17.9 Å². The highest BCUT2D eigenvalue weighted by Gasteiger charge is 2.19. The summed E-state index contributed by atoms with van der Waals surface area (Å²) in [5, 5.41) is 0.632. The molecule has 2 rings (SSSR count). The van der Waals surface area contributed by atoms with E-state index in [1.807, 2.05) is 0 Å². The molecule has 21 heavy (non-hydrogen) atoms. The van der Waals surface area contributed by atoms with Gasteiger partial charge in [0, 0.05) is 5.02 Å². The second-order valence-electron chi connectivity index (χ2n) is 3.78. The Kier molecular flexibility index (Phi) is 4.65. The lowest BCUT2D eigenvalue weighted by Crippen LogP contribution is -1.99. The van der Waals surface area contributed by atoms with Gasteiger partial charge in [0.1, 0.15) is 16.4 Å². The molecule has 0 N–H and O–H groups in total. The van der Waals surface area contributed by atoms with Crippen LogP contribution in [0.4, 0.5) is 0 Å². The molecule has 0 atom stereocenters. The van der Waals surface area contributed by atoms with Gasteiger partial charge in [-0.3, -0.25) is 0 Å². The minimum atomic E-state index is -4.17. The van der Waals surface area contributed by atoms with Crippen molar-refractivity contribution in [3.05, 3.63) is 52.5 Å². The highest BCUT2D eigenvalue weighted by molar-refractivity contribution is 7.90. The molecule has 0 fully saturated rings. The normalized spacial score (nSPS) is 10.8. The first kappa shape index (κ1) is 15.5. The summed E-state index contributed by atoms with van der Waals surface area (Å²) >= 11 is 11.7. The van der Waals surface area contributed by atoms with Gasteiger partial charge < -0.3 is 4.74 Å². The topological polar surface area (TPSA) is 72.8 Å². The highest BCUT2D eigenvalue weighted by atomic mass is 35.5. The molecule has 2 aromatic carbocycles. The molecule has 108 valence electrons. The number of carbonyl (C=O) groups excluding carboxylic acids is 1. The van der Waals surface area contributed by atoms with Crippen molar-refractivity contribution in [2.45, 2.75) is 4.90 Å². The maximum absolute atomic E-state index is 11.8. The van der Waals surface area contributed by atoms with E-state index in [1.54, 1.807) is 12.1 Å². The molecular formula is C13H7Cl2NO4S. The molecule has 5 nitrogen and oxygen atoms in total. The zero-order valence-electron chi connectivity index (χ0n) is 10.3. The van der Waals surface area contributed by atoms with E-state index in [0.717, 1.165) is 6.08 Å². The second-order valence-corrected chi connectivity index (χ2v) is 6.20. The van der Waals surface area contributed by atoms with Crippen LogP contribution in [0.25, 0.3) is 0 Å². The Bertz CT molecular complexity index is 830. The van der Waals surface area contributed by atoms with E-state index in [0.29, 0.717) is 5.02 Å². The minimum Gasteiger partial charge on any atom is -0.454 e. The average molecular weight is 344 g/mol. The van der Waals surface area contributed by atoms with Crippen molar-refractivity contribution in [1.82, 2.24) is 0 Å². The third kappa shape index (κ3) is 3.62. The Balaban J connectivity index is 2.49. The Labute approximate surface area is 130 Å². The fourth-order valence-electron chi connectivity index (χ4n) is 1.52. The van der Waals surface area contributed by atoms with Crippen LogP contribution in [0.5, 0.6) is 11.5 Å². The monoisotopic (exact) mass is 343 g/mol. The van der Waals surface area contributed by atoms with E-state index in [-0.39, 0.29) is 21.4 Å². The van der Waals surface area contributed by atoms with Crippen LogP contribution in [0.15, 0.2) is 51.8 Å². The number of ether oxygens (including phenoxy) is 1. The van der Waals surface area contributed by atoms with Gasteiger partial charge in [-0.15, -0.1) is 0 Å². The van der Waals surface area contributed by atoms with Gasteiger partial charge in [-0.1, -0.05) is 39.7 Å². The lowest BCUT2D eigenvalue weighted by Gasteiger charge is -2.10. The van der Waals surface area contributed by atoms with Gasteiger partial charge in [0.05, 0.1) is 5.02 Å². The molecule has 0 amide bonds. The predicted octanol–water partition coefficient (Wildman–Crippen LogP) is 3.81. The number of hydrogen-bond acceptors (Lipinski definition) is 4. The van der Waals surface area contributed by atoms with Gasteiger partial charge in [0.15, 0.2) is 0 Å². The van der Waals surface area contributed by atoms with Gasteiger partial charge in [0.25, 0.3) is 16.1 Å². The first-order valence-corrected chi connectivity index (χ1v) is 7.70. The number of benzene rings is 2. The van der Waals surface area contributed by atoms with Crippen molar-refractivity contribution in [1.29, 1.82) is 0 Å². The third-order valence-corrected chi connectivity index (χ3v) is 4.14. The molecular weight excluding hydrogens is 337 g/mol. The Hall–Kier alpha value is -1.85. The van der Waals surface area contributed by atoms with Crippen LogP contribution in [0.3, 0.4) is 0 Å². The van der Waals surface area contributed by atoms with Crippen LogP contribution in [-0.4, -0.2) is 14.5 Å². The van der Waals surface area contributed by atoms with Crippen molar-refractivity contribution in [3.63, 3.8) is 0 Å². The molecule has 0 spiro atoms. The molecule has 0 bridgehead atoms. The number of nitrogens with zero attached hydrogens (tertiary/aromatic N) is 1.